The second kappa shape index (κ2) is 5.28. The van der Waals surface area contributed by atoms with E-state index in [9.17, 15) is 13.2 Å². The van der Waals surface area contributed by atoms with Crippen molar-refractivity contribution in [2.24, 2.45) is 0 Å². The van der Waals surface area contributed by atoms with E-state index in [1.54, 1.807) is 0 Å². The molecule has 2 aromatic carbocycles. The molecule has 0 aliphatic carbocycles. The number of alkyl halides is 3. The van der Waals surface area contributed by atoms with E-state index in [4.69, 9.17) is 0 Å². The Morgan fingerprint density at radius 3 is 2.27 bits per heavy atom. The normalized spacial score (nSPS) is 11.9. The number of fused-ring (bicyclic) bond motifs is 1. The number of hydrogen-bond donors (Lipinski definition) is 0. The highest BCUT2D eigenvalue weighted by Crippen LogP contribution is 2.35. The Morgan fingerprint density at radius 1 is 1.00 bits per heavy atom. The summed E-state index contributed by atoms with van der Waals surface area (Å²) >= 11 is 1.39. The summed E-state index contributed by atoms with van der Waals surface area (Å²) in [6, 6.07) is 11.5. The van der Waals surface area contributed by atoms with Gasteiger partial charge in [0.15, 0.2) is 0 Å². The zero-order valence-corrected chi connectivity index (χ0v) is 12.8. The number of thiazole rings is 1. The van der Waals surface area contributed by atoms with Crippen LogP contribution in [0.2, 0.25) is 0 Å². The summed E-state index contributed by atoms with van der Waals surface area (Å²) in [5, 5.41) is 0.722. The SMILES string of the molecule is CN(C)c1ccc(-c2nc3cc(C(F)(F)F)ccc3s2)cc1. The second-order valence-electron chi connectivity index (χ2n) is 5.14. The lowest BCUT2D eigenvalue weighted by molar-refractivity contribution is -0.137. The van der Waals surface area contributed by atoms with Gasteiger partial charge in [0.2, 0.25) is 0 Å². The van der Waals surface area contributed by atoms with Crippen LogP contribution in [0.4, 0.5) is 18.9 Å². The van der Waals surface area contributed by atoms with Gasteiger partial charge in [0.1, 0.15) is 5.01 Å². The maximum absolute atomic E-state index is 12.7. The molecule has 2 nitrogen and oxygen atoms in total. The van der Waals surface area contributed by atoms with Gasteiger partial charge in [0, 0.05) is 25.3 Å². The van der Waals surface area contributed by atoms with Crippen LogP contribution in [0, 0.1) is 0 Å². The van der Waals surface area contributed by atoms with Crippen LogP contribution < -0.4 is 4.90 Å². The highest BCUT2D eigenvalue weighted by molar-refractivity contribution is 7.21. The molecule has 1 aromatic heterocycles. The minimum atomic E-state index is -4.34. The molecule has 0 saturated carbocycles. The van der Waals surface area contributed by atoms with E-state index in [0.29, 0.717) is 5.52 Å². The standard InChI is InChI=1S/C16H13F3N2S/c1-21(2)12-6-3-10(4-7-12)15-20-13-9-11(16(17,18)19)5-8-14(13)22-15/h3-9H,1-2H3. The molecule has 114 valence electrons. The van der Waals surface area contributed by atoms with Gasteiger partial charge in [-0.1, -0.05) is 0 Å². The molecule has 3 rings (SSSR count). The third-order valence-electron chi connectivity index (χ3n) is 3.35. The van der Waals surface area contributed by atoms with Crippen molar-refractivity contribution in [3.63, 3.8) is 0 Å². The van der Waals surface area contributed by atoms with Crippen molar-refractivity contribution in [2.45, 2.75) is 6.18 Å². The van der Waals surface area contributed by atoms with Crippen molar-refractivity contribution < 1.29 is 13.2 Å². The van der Waals surface area contributed by atoms with Crippen LogP contribution in [0.15, 0.2) is 42.5 Å². The Kier molecular flexibility index (Phi) is 3.56. The van der Waals surface area contributed by atoms with E-state index in [2.05, 4.69) is 4.98 Å². The van der Waals surface area contributed by atoms with Gasteiger partial charge in [0.25, 0.3) is 0 Å². The topological polar surface area (TPSA) is 16.1 Å². The van der Waals surface area contributed by atoms with Gasteiger partial charge < -0.3 is 4.90 Å². The van der Waals surface area contributed by atoms with E-state index in [1.807, 2.05) is 43.3 Å². The highest BCUT2D eigenvalue weighted by atomic mass is 32.1. The zero-order chi connectivity index (χ0) is 15.9. The van der Waals surface area contributed by atoms with Gasteiger partial charge in [-0.2, -0.15) is 13.2 Å². The number of hydrogen-bond acceptors (Lipinski definition) is 3. The van der Waals surface area contributed by atoms with E-state index >= 15 is 0 Å². The van der Waals surface area contributed by atoms with Gasteiger partial charge in [0.05, 0.1) is 15.8 Å². The number of rotatable bonds is 2. The van der Waals surface area contributed by atoms with Crippen LogP contribution in [0.3, 0.4) is 0 Å². The summed E-state index contributed by atoms with van der Waals surface area (Å²) in [5.74, 6) is 0. The fourth-order valence-electron chi connectivity index (χ4n) is 2.13. The molecule has 0 aliphatic heterocycles. The number of anilines is 1. The lowest BCUT2D eigenvalue weighted by Crippen LogP contribution is -2.07. The predicted octanol–water partition coefficient (Wildman–Crippen LogP) is 5.05. The molecule has 0 atom stereocenters. The lowest BCUT2D eigenvalue weighted by atomic mass is 10.2. The maximum atomic E-state index is 12.7. The van der Waals surface area contributed by atoms with E-state index in [1.165, 1.54) is 17.4 Å². The molecule has 0 bridgehead atoms. The molecule has 0 N–H and O–H groups in total. The molecular formula is C16H13F3N2S. The van der Waals surface area contributed by atoms with Crippen molar-refractivity contribution in [1.82, 2.24) is 4.98 Å². The summed E-state index contributed by atoms with van der Waals surface area (Å²) < 4.78 is 39.0. The predicted molar refractivity (Wildman–Crippen MR) is 84.4 cm³/mol. The third kappa shape index (κ3) is 2.78. The molecule has 0 amide bonds. The van der Waals surface area contributed by atoms with Crippen molar-refractivity contribution in [3.05, 3.63) is 48.0 Å². The molecule has 0 saturated heterocycles. The minimum Gasteiger partial charge on any atom is -0.378 e. The Bertz CT molecular complexity index is 804. The van der Waals surface area contributed by atoms with Gasteiger partial charge in [-0.25, -0.2) is 4.98 Å². The first-order valence-corrected chi connectivity index (χ1v) is 7.42. The largest absolute Gasteiger partial charge is 0.416 e. The first kappa shape index (κ1) is 14.8. The maximum Gasteiger partial charge on any atom is 0.416 e. The molecule has 22 heavy (non-hydrogen) atoms. The van der Waals surface area contributed by atoms with E-state index < -0.39 is 11.7 Å². The van der Waals surface area contributed by atoms with Gasteiger partial charge >= 0.3 is 6.18 Å². The van der Waals surface area contributed by atoms with Gasteiger partial charge in [-0.15, -0.1) is 11.3 Å². The van der Waals surface area contributed by atoms with Crippen LogP contribution in [0.25, 0.3) is 20.8 Å². The monoisotopic (exact) mass is 322 g/mol. The van der Waals surface area contributed by atoms with Crippen LogP contribution >= 0.6 is 11.3 Å². The van der Waals surface area contributed by atoms with Crippen molar-refractivity contribution in [3.8, 4) is 10.6 Å². The lowest BCUT2D eigenvalue weighted by Gasteiger charge is -2.11. The van der Waals surface area contributed by atoms with E-state index in [-0.39, 0.29) is 0 Å². The second-order valence-corrected chi connectivity index (χ2v) is 6.17. The molecule has 0 fully saturated rings. The molecule has 0 radical (unpaired) electrons. The summed E-state index contributed by atoms with van der Waals surface area (Å²) in [5.41, 5.74) is 1.68. The average Bonchev–Trinajstić information content (AvgIpc) is 2.89. The molecular weight excluding hydrogens is 309 g/mol. The van der Waals surface area contributed by atoms with Crippen LogP contribution in [0.5, 0.6) is 0 Å². The van der Waals surface area contributed by atoms with Crippen molar-refractivity contribution in [2.75, 3.05) is 19.0 Å². The number of nitrogens with zero attached hydrogens (tertiary/aromatic N) is 2. The first-order chi connectivity index (χ1) is 10.3. The summed E-state index contributed by atoms with van der Waals surface area (Å²) in [7, 11) is 3.90. The smallest absolute Gasteiger partial charge is 0.378 e. The van der Waals surface area contributed by atoms with Crippen LogP contribution in [-0.2, 0) is 6.18 Å². The molecule has 6 heteroatoms. The van der Waals surface area contributed by atoms with Crippen molar-refractivity contribution in [1.29, 1.82) is 0 Å². The fourth-order valence-corrected chi connectivity index (χ4v) is 3.08. The Morgan fingerprint density at radius 2 is 1.68 bits per heavy atom. The first-order valence-electron chi connectivity index (χ1n) is 6.60. The van der Waals surface area contributed by atoms with Gasteiger partial charge in [-0.05, 0) is 42.5 Å². The number of aromatic nitrogens is 1. The summed E-state index contributed by atoms with van der Waals surface area (Å²) in [6.07, 6.45) is -4.34. The highest BCUT2D eigenvalue weighted by Gasteiger charge is 2.30. The Balaban J connectivity index is 2.01. The zero-order valence-electron chi connectivity index (χ0n) is 12.0. The average molecular weight is 322 g/mol. The number of halogens is 3. The van der Waals surface area contributed by atoms with Crippen LogP contribution in [0.1, 0.15) is 5.56 Å². The fraction of sp³-hybridized carbons (Fsp3) is 0.188. The molecule has 1 heterocycles. The van der Waals surface area contributed by atoms with Crippen LogP contribution in [-0.4, -0.2) is 19.1 Å². The van der Waals surface area contributed by atoms with E-state index in [0.717, 1.165) is 33.1 Å². The molecule has 0 aliphatic rings. The van der Waals surface area contributed by atoms with Crippen molar-refractivity contribution >= 4 is 27.2 Å². The summed E-state index contributed by atoms with van der Waals surface area (Å²) in [4.78, 5) is 6.32. The molecule has 0 spiro atoms. The Hall–Kier alpha value is -2.08. The van der Waals surface area contributed by atoms with Gasteiger partial charge in [-0.3, -0.25) is 0 Å². The minimum absolute atomic E-state index is 0.381. The summed E-state index contributed by atoms with van der Waals surface area (Å²) in [6.45, 7) is 0. The number of benzene rings is 2. The molecule has 3 aromatic rings. The third-order valence-corrected chi connectivity index (χ3v) is 4.43. The Labute approximate surface area is 129 Å². The molecule has 0 unspecified atom stereocenters. The quantitative estimate of drug-likeness (QED) is 0.656.